The summed E-state index contributed by atoms with van der Waals surface area (Å²) in [5, 5.41) is 12.4. The van der Waals surface area contributed by atoms with E-state index in [0.717, 1.165) is 33.1 Å². The quantitative estimate of drug-likeness (QED) is 0.134. The van der Waals surface area contributed by atoms with Gasteiger partial charge in [0.25, 0.3) is 0 Å². The first-order valence-electron chi connectivity index (χ1n) is 18.3. The smallest absolute Gasteiger partial charge is 0.143 e. The van der Waals surface area contributed by atoms with Crippen LogP contribution >= 0.6 is 0 Å². The molecule has 11 rings (SSSR count). The average Bonchev–Trinajstić information content (AvgIpc) is 3.62. The van der Waals surface area contributed by atoms with Crippen molar-refractivity contribution in [2.45, 2.75) is 0 Å². The summed E-state index contributed by atoms with van der Waals surface area (Å²) in [5.41, 5.74) is 11.5. The fourth-order valence-corrected chi connectivity index (χ4v) is 8.74. The number of hydrogen-bond acceptors (Lipinski definition) is 1. The Morgan fingerprint density at radius 1 is 0.264 bits per heavy atom. The summed E-state index contributed by atoms with van der Waals surface area (Å²) in [7, 11) is 0. The first-order chi connectivity index (χ1) is 26.3. The van der Waals surface area contributed by atoms with E-state index < -0.39 is 0 Å². The van der Waals surface area contributed by atoms with E-state index in [1.807, 2.05) is 12.1 Å². The summed E-state index contributed by atoms with van der Waals surface area (Å²) in [6, 6.07) is 70.5. The van der Waals surface area contributed by atoms with Gasteiger partial charge in [0.1, 0.15) is 11.2 Å². The average molecular weight is 673 g/mol. The highest BCUT2D eigenvalue weighted by Crippen LogP contribution is 2.47. The minimum Gasteiger partial charge on any atom is -0.455 e. The molecule has 246 valence electrons. The van der Waals surface area contributed by atoms with E-state index in [4.69, 9.17) is 4.42 Å². The van der Waals surface area contributed by atoms with E-state index >= 15 is 0 Å². The number of benzene rings is 10. The lowest BCUT2D eigenvalue weighted by atomic mass is 9.83. The highest BCUT2D eigenvalue weighted by atomic mass is 16.3. The summed E-state index contributed by atoms with van der Waals surface area (Å²) in [6.45, 7) is 0. The van der Waals surface area contributed by atoms with E-state index in [0.29, 0.717) is 0 Å². The molecule has 0 radical (unpaired) electrons. The molecule has 0 aliphatic heterocycles. The monoisotopic (exact) mass is 672 g/mol. The molecule has 0 spiro atoms. The van der Waals surface area contributed by atoms with Crippen LogP contribution in [0.25, 0.3) is 110 Å². The molecule has 1 heterocycles. The Morgan fingerprint density at radius 3 is 1.47 bits per heavy atom. The normalized spacial score (nSPS) is 11.8. The Bertz CT molecular complexity index is 3160. The fourth-order valence-electron chi connectivity index (χ4n) is 8.74. The summed E-state index contributed by atoms with van der Waals surface area (Å²) >= 11 is 0. The molecule has 0 atom stereocenters. The topological polar surface area (TPSA) is 13.1 Å². The number of rotatable bonds is 4. The molecule has 0 saturated heterocycles. The van der Waals surface area contributed by atoms with Gasteiger partial charge >= 0.3 is 0 Å². The largest absolute Gasteiger partial charge is 0.455 e. The van der Waals surface area contributed by atoms with Crippen molar-refractivity contribution in [3.05, 3.63) is 194 Å². The molecular weight excluding hydrogens is 641 g/mol. The minimum absolute atomic E-state index is 0.913. The molecule has 0 bridgehead atoms. The highest BCUT2D eigenvalue weighted by molar-refractivity contribution is 6.25. The predicted molar refractivity (Wildman–Crippen MR) is 225 cm³/mol. The molecule has 0 unspecified atom stereocenters. The summed E-state index contributed by atoms with van der Waals surface area (Å²) < 4.78 is 6.47. The van der Waals surface area contributed by atoms with Crippen LogP contribution in [0.4, 0.5) is 0 Å². The van der Waals surface area contributed by atoms with Crippen LogP contribution in [-0.2, 0) is 0 Å². The molecule has 10 aromatic carbocycles. The van der Waals surface area contributed by atoms with Crippen LogP contribution in [0, 0.1) is 0 Å². The van der Waals surface area contributed by atoms with Gasteiger partial charge in [-0.2, -0.15) is 0 Å². The minimum atomic E-state index is 0.913. The Balaban J connectivity index is 1.10. The van der Waals surface area contributed by atoms with Gasteiger partial charge in [-0.1, -0.05) is 182 Å². The van der Waals surface area contributed by atoms with Gasteiger partial charge in [0.2, 0.25) is 0 Å². The Morgan fingerprint density at radius 2 is 0.755 bits per heavy atom. The molecule has 0 aliphatic rings. The van der Waals surface area contributed by atoms with E-state index in [2.05, 4.69) is 182 Å². The van der Waals surface area contributed by atoms with E-state index in [1.54, 1.807) is 0 Å². The molecule has 0 saturated carbocycles. The summed E-state index contributed by atoms with van der Waals surface area (Å²) in [5.74, 6) is 0. The van der Waals surface area contributed by atoms with Crippen molar-refractivity contribution in [3.8, 4) is 44.5 Å². The zero-order valence-corrected chi connectivity index (χ0v) is 28.9. The fraction of sp³-hybridized carbons (Fsp3) is 0. The second kappa shape index (κ2) is 11.8. The van der Waals surface area contributed by atoms with Crippen LogP contribution in [0.2, 0.25) is 0 Å². The Labute approximate surface area is 307 Å². The van der Waals surface area contributed by atoms with Crippen molar-refractivity contribution in [1.29, 1.82) is 0 Å². The first-order valence-corrected chi connectivity index (χ1v) is 18.3. The van der Waals surface area contributed by atoms with Crippen molar-refractivity contribution in [1.82, 2.24) is 0 Å². The maximum absolute atomic E-state index is 6.47. The molecule has 0 amide bonds. The van der Waals surface area contributed by atoms with Gasteiger partial charge in [0, 0.05) is 16.3 Å². The van der Waals surface area contributed by atoms with E-state index in [-0.39, 0.29) is 0 Å². The van der Waals surface area contributed by atoms with Gasteiger partial charge in [0.05, 0.1) is 0 Å². The maximum Gasteiger partial charge on any atom is 0.143 e. The zero-order valence-electron chi connectivity index (χ0n) is 28.9. The van der Waals surface area contributed by atoms with Crippen LogP contribution in [0.3, 0.4) is 0 Å². The third-order valence-corrected chi connectivity index (χ3v) is 11.1. The van der Waals surface area contributed by atoms with E-state index in [9.17, 15) is 0 Å². The van der Waals surface area contributed by atoms with Crippen LogP contribution in [0.15, 0.2) is 199 Å². The van der Waals surface area contributed by atoms with Gasteiger partial charge in [-0.05, 0) is 94.2 Å². The number of hydrogen-bond donors (Lipinski definition) is 0. The molecule has 1 aromatic heterocycles. The van der Waals surface area contributed by atoms with Gasteiger partial charge < -0.3 is 4.42 Å². The van der Waals surface area contributed by atoms with Crippen molar-refractivity contribution in [2.24, 2.45) is 0 Å². The molecule has 53 heavy (non-hydrogen) atoms. The zero-order chi connectivity index (χ0) is 34.9. The number of para-hydroxylation sites is 2. The third kappa shape index (κ3) is 4.58. The van der Waals surface area contributed by atoms with Crippen LogP contribution in [-0.4, -0.2) is 0 Å². The Kier molecular flexibility index (Phi) is 6.62. The summed E-state index contributed by atoms with van der Waals surface area (Å²) in [4.78, 5) is 0. The SMILES string of the molecule is c1ccc(-c2cccc3c2oc2ccccc23)c(-c2ccc(-c3c4ccccc4c(-c4cc5ccccc5c5ccccc45)c4ccccc34)cc2)c1. The number of furan rings is 1. The lowest BCUT2D eigenvalue weighted by Gasteiger charge is -2.20. The predicted octanol–water partition coefficient (Wildman–Crippen LogP) is 14.9. The molecule has 1 nitrogen and oxygen atoms in total. The lowest BCUT2D eigenvalue weighted by Crippen LogP contribution is -1.92. The first kappa shape index (κ1) is 29.7. The maximum atomic E-state index is 6.47. The van der Waals surface area contributed by atoms with Crippen LogP contribution in [0.1, 0.15) is 0 Å². The molecule has 0 N–H and O–H groups in total. The third-order valence-electron chi connectivity index (χ3n) is 11.1. The molecular formula is C52H32O. The highest BCUT2D eigenvalue weighted by Gasteiger charge is 2.20. The standard InChI is InChI=1S/C52H32O/c1-2-16-37-35(14-1)32-48(40-19-6-5-17-38(37)40)51-44-23-9-7-21-42(44)50(43-22-8-10-24-45(43)51)34-30-28-33(29-31-34)36-15-3-4-18-39(36)46-25-13-26-47-41-20-11-12-27-49(41)53-52(46)47/h1-32H. The van der Waals surface area contributed by atoms with Gasteiger partial charge in [-0.3, -0.25) is 0 Å². The molecule has 0 aliphatic carbocycles. The van der Waals surface area contributed by atoms with Crippen molar-refractivity contribution < 1.29 is 4.42 Å². The van der Waals surface area contributed by atoms with Gasteiger partial charge in [-0.25, -0.2) is 0 Å². The molecule has 1 heteroatoms. The van der Waals surface area contributed by atoms with Gasteiger partial charge in [0.15, 0.2) is 0 Å². The second-order valence-electron chi connectivity index (χ2n) is 13.9. The van der Waals surface area contributed by atoms with Crippen molar-refractivity contribution >= 4 is 65.0 Å². The molecule has 11 aromatic rings. The van der Waals surface area contributed by atoms with Crippen molar-refractivity contribution in [2.75, 3.05) is 0 Å². The van der Waals surface area contributed by atoms with E-state index in [1.165, 1.54) is 76.5 Å². The van der Waals surface area contributed by atoms with Gasteiger partial charge in [-0.15, -0.1) is 0 Å². The van der Waals surface area contributed by atoms with Crippen LogP contribution in [0.5, 0.6) is 0 Å². The second-order valence-corrected chi connectivity index (χ2v) is 13.9. The molecule has 0 fully saturated rings. The summed E-state index contributed by atoms with van der Waals surface area (Å²) in [6.07, 6.45) is 0. The Hall–Kier alpha value is -6.96. The lowest BCUT2D eigenvalue weighted by molar-refractivity contribution is 0.670. The number of fused-ring (bicyclic) bond motifs is 8. The van der Waals surface area contributed by atoms with Crippen molar-refractivity contribution in [3.63, 3.8) is 0 Å². The van der Waals surface area contributed by atoms with Crippen LogP contribution < -0.4 is 0 Å².